The van der Waals surface area contributed by atoms with Gasteiger partial charge in [-0.25, -0.2) is 4.98 Å². The molecular weight excluding hydrogens is 214 g/mol. The van der Waals surface area contributed by atoms with Gasteiger partial charge in [0.25, 0.3) is 0 Å². The van der Waals surface area contributed by atoms with E-state index in [1.54, 1.807) is 12.4 Å². The first kappa shape index (κ1) is 12.3. The zero-order valence-corrected chi connectivity index (χ0v) is 10.5. The molecule has 17 heavy (non-hydrogen) atoms. The van der Waals surface area contributed by atoms with E-state index in [2.05, 4.69) is 22.2 Å². The molecule has 0 bridgehead atoms. The molecule has 4 nitrogen and oxygen atoms in total. The molecule has 0 saturated heterocycles. The Morgan fingerprint density at radius 1 is 1.29 bits per heavy atom. The first-order valence-electron chi connectivity index (χ1n) is 6.53. The Balaban J connectivity index is 1.76. The number of hydrogen-bond donors (Lipinski definition) is 1. The topological polar surface area (TPSA) is 47.0 Å². The van der Waals surface area contributed by atoms with Crippen molar-refractivity contribution in [1.29, 1.82) is 0 Å². The standard InChI is InChI=1S/C13H21N3O/c1-2-14-7-12-8-16-13(9-15-12)17-10-11-5-3-4-6-11/h8-9,11,14H,2-7,10H2,1H3. The highest BCUT2D eigenvalue weighted by Crippen LogP contribution is 2.24. The van der Waals surface area contributed by atoms with Crippen LogP contribution in [0.4, 0.5) is 0 Å². The summed E-state index contributed by atoms with van der Waals surface area (Å²) in [6.45, 7) is 4.59. The minimum absolute atomic E-state index is 0.650. The van der Waals surface area contributed by atoms with Crippen LogP contribution in [0.2, 0.25) is 0 Å². The molecule has 1 aliphatic carbocycles. The van der Waals surface area contributed by atoms with Gasteiger partial charge >= 0.3 is 0 Å². The lowest BCUT2D eigenvalue weighted by Crippen LogP contribution is -2.13. The van der Waals surface area contributed by atoms with E-state index in [4.69, 9.17) is 4.74 Å². The molecular formula is C13H21N3O. The third kappa shape index (κ3) is 3.97. The predicted octanol–water partition coefficient (Wildman–Crippen LogP) is 2.16. The van der Waals surface area contributed by atoms with Gasteiger partial charge in [0.2, 0.25) is 5.88 Å². The average molecular weight is 235 g/mol. The van der Waals surface area contributed by atoms with Crippen molar-refractivity contribution in [2.75, 3.05) is 13.2 Å². The molecule has 1 aliphatic rings. The van der Waals surface area contributed by atoms with Crippen molar-refractivity contribution >= 4 is 0 Å². The van der Waals surface area contributed by atoms with Crippen LogP contribution in [0, 0.1) is 5.92 Å². The zero-order chi connectivity index (χ0) is 11.9. The largest absolute Gasteiger partial charge is 0.476 e. The minimum atomic E-state index is 0.650. The number of nitrogens with one attached hydrogen (secondary N) is 1. The lowest BCUT2D eigenvalue weighted by atomic mass is 10.1. The molecule has 0 aromatic carbocycles. The summed E-state index contributed by atoms with van der Waals surface area (Å²) in [5.74, 6) is 1.37. The van der Waals surface area contributed by atoms with Crippen molar-refractivity contribution in [3.05, 3.63) is 18.1 Å². The van der Waals surface area contributed by atoms with Gasteiger partial charge in [-0.05, 0) is 25.3 Å². The van der Waals surface area contributed by atoms with Crippen molar-refractivity contribution in [3.8, 4) is 5.88 Å². The molecule has 4 heteroatoms. The minimum Gasteiger partial charge on any atom is -0.476 e. The number of ether oxygens (including phenoxy) is 1. The van der Waals surface area contributed by atoms with Crippen molar-refractivity contribution in [2.24, 2.45) is 5.92 Å². The van der Waals surface area contributed by atoms with Gasteiger partial charge < -0.3 is 10.1 Å². The fourth-order valence-corrected chi connectivity index (χ4v) is 2.14. The van der Waals surface area contributed by atoms with Gasteiger partial charge in [-0.15, -0.1) is 0 Å². The van der Waals surface area contributed by atoms with Crippen LogP contribution in [0.15, 0.2) is 12.4 Å². The zero-order valence-electron chi connectivity index (χ0n) is 10.5. The molecule has 0 radical (unpaired) electrons. The maximum Gasteiger partial charge on any atom is 0.232 e. The van der Waals surface area contributed by atoms with Crippen molar-refractivity contribution in [3.63, 3.8) is 0 Å². The quantitative estimate of drug-likeness (QED) is 0.820. The van der Waals surface area contributed by atoms with Crippen LogP contribution in [0.25, 0.3) is 0 Å². The second kappa shape index (κ2) is 6.55. The second-order valence-corrected chi connectivity index (χ2v) is 4.59. The Labute approximate surface area is 103 Å². The molecule has 0 atom stereocenters. The van der Waals surface area contributed by atoms with Crippen LogP contribution < -0.4 is 10.1 Å². The van der Waals surface area contributed by atoms with Gasteiger partial charge in [-0.1, -0.05) is 19.8 Å². The molecule has 0 amide bonds. The van der Waals surface area contributed by atoms with Crippen molar-refractivity contribution in [2.45, 2.75) is 39.2 Å². The van der Waals surface area contributed by atoms with Crippen molar-refractivity contribution < 1.29 is 4.74 Å². The SMILES string of the molecule is CCNCc1cnc(OCC2CCCC2)cn1. The first-order valence-corrected chi connectivity index (χ1v) is 6.53. The maximum absolute atomic E-state index is 5.66. The summed E-state index contributed by atoms with van der Waals surface area (Å²) < 4.78 is 5.66. The fourth-order valence-electron chi connectivity index (χ4n) is 2.14. The Morgan fingerprint density at radius 2 is 2.12 bits per heavy atom. The molecule has 1 fully saturated rings. The summed E-state index contributed by atoms with van der Waals surface area (Å²) in [6.07, 6.45) is 8.80. The Kier molecular flexibility index (Phi) is 4.74. The highest BCUT2D eigenvalue weighted by atomic mass is 16.5. The van der Waals surface area contributed by atoms with Crippen LogP contribution in [-0.4, -0.2) is 23.1 Å². The van der Waals surface area contributed by atoms with Gasteiger partial charge in [0.1, 0.15) is 0 Å². The van der Waals surface area contributed by atoms with E-state index in [0.717, 1.165) is 31.3 Å². The molecule has 0 unspecified atom stereocenters. The Hall–Kier alpha value is -1.16. The monoisotopic (exact) mass is 235 g/mol. The Bertz CT molecular complexity index is 320. The van der Waals surface area contributed by atoms with Gasteiger partial charge in [0.15, 0.2) is 0 Å². The van der Waals surface area contributed by atoms with E-state index in [0.29, 0.717) is 5.88 Å². The summed E-state index contributed by atoms with van der Waals surface area (Å²) in [5.41, 5.74) is 0.958. The lowest BCUT2D eigenvalue weighted by molar-refractivity contribution is 0.242. The summed E-state index contributed by atoms with van der Waals surface area (Å²) in [7, 11) is 0. The summed E-state index contributed by atoms with van der Waals surface area (Å²) in [5, 5.41) is 3.22. The Morgan fingerprint density at radius 3 is 2.76 bits per heavy atom. The van der Waals surface area contributed by atoms with Gasteiger partial charge in [-0.2, -0.15) is 0 Å². The maximum atomic E-state index is 5.66. The highest BCUT2D eigenvalue weighted by molar-refractivity contribution is 5.07. The highest BCUT2D eigenvalue weighted by Gasteiger charge is 2.15. The lowest BCUT2D eigenvalue weighted by Gasteiger charge is -2.10. The van der Waals surface area contributed by atoms with Gasteiger partial charge in [-0.3, -0.25) is 4.98 Å². The normalized spacial score (nSPS) is 16.3. The van der Waals surface area contributed by atoms with E-state index in [-0.39, 0.29) is 0 Å². The molecule has 0 spiro atoms. The number of hydrogen-bond acceptors (Lipinski definition) is 4. The van der Waals surface area contributed by atoms with Crippen molar-refractivity contribution in [1.82, 2.24) is 15.3 Å². The van der Waals surface area contributed by atoms with Gasteiger partial charge in [0.05, 0.1) is 24.7 Å². The molecule has 2 rings (SSSR count). The first-order chi connectivity index (χ1) is 8.38. The molecule has 94 valence electrons. The molecule has 1 heterocycles. The molecule has 0 aliphatic heterocycles. The summed E-state index contributed by atoms with van der Waals surface area (Å²) in [6, 6.07) is 0. The van der Waals surface area contributed by atoms with E-state index >= 15 is 0 Å². The molecule has 1 aromatic heterocycles. The summed E-state index contributed by atoms with van der Waals surface area (Å²) >= 11 is 0. The molecule has 1 N–H and O–H groups in total. The van der Waals surface area contributed by atoms with E-state index < -0.39 is 0 Å². The van der Waals surface area contributed by atoms with Crippen LogP contribution in [0.1, 0.15) is 38.3 Å². The number of nitrogens with zero attached hydrogens (tertiary/aromatic N) is 2. The van der Waals surface area contributed by atoms with Crippen LogP contribution >= 0.6 is 0 Å². The van der Waals surface area contributed by atoms with E-state index in [1.807, 2.05) is 0 Å². The van der Waals surface area contributed by atoms with Crippen LogP contribution in [0.5, 0.6) is 5.88 Å². The van der Waals surface area contributed by atoms with Gasteiger partial charge in [0, 0.05) is 6.54 Å². The van der Waals surface area contributed by atoms with Crippen LogP contribution in [0.3, 0.4) is 0 Å². The number of rotatable bonds is 6. The smallest absolute Gasteiger partial charge is 0.232 e. The average Bonchev–Trinajstić information content (AvgIpc) is 2.88. The summed E-state index contributed by atoms with van der Waals surface area (Å²) in [4.78, 5) is 8.58. The number of aromatic nitrogens is 2. The van der Waals surface area contributed by atoms with E-state index in [1.165, 1.54) is 25.7 Å². The third-order valence-electron chi connectivity index (χ3n) is 3.18. The second-order valence-electron chi connectivity index (χ2n) is 4.59. The fraction of sp³-hybridized carbons (Fsp3) is 0.692. The molecule has 1 saturated carbocycles. The third-order valence-corrected chi connectivity index (χ3v) is 3.18. The van der Waals surface area contributed by atoms with Crippen LogP contribution in [-0.2, 0) is 6.54 Å². The predicted molar refractivity (Wildman–Crippen MR) is 66.9 cm³/mol. The molecule has 1 aromatic rings. The van der Waals surface area contributed by atoms with E-state index in [9.17, 15) is 0 Å².